The van der Waals surface area contributed by atoms with Gasteiger partial charge in [0.1, 0.15) is 18.3 Å². The Labute approximate surface area is 186 Å². The molecule has 0 amide bonds. The molecule has 8 heteroatoms. The molecule has 2 aliphatic rings. The number of carbonyl (C=O) groups excluding carboxylic acids is 2. The van der Waals surface area contributed by atoms with Crippen LogP contribution in [-0.2, 0) is 35.0 Å². The van der Waals surface area contributed by atoms with Crippen LogP contribution in [0.5, 0.6) is 0 Å². The summed E-state index contributed by atoms with van der Waals surface area (Å²) in [5.74, 6) is -2.09. The van der Waals surface area contributed by atoms with Crippen LogP contribution in [0.3, 0.4) is 0 Å². The second-order valence-corrected chi connectivity index (χ2v) is 8.07. The van der Waals surface area contributed by atoms with E-state index < -0.39 is 42.3 Å². The molecule has 2 heterocycles. The molecule has 4 rings (SSSR count). The third-order valence-electron chi connectivity index (χ3n) is 5.46. The molecule has 2 saturated heterocycles. The number of esters is 2. The smallest absolute Gasteiger partial charge is 0.338 e. The first-order valence-corrected chi connectivity index (χ1v) is 10.3. The molecule has 4 atom stereocenters. The number of benzene rings is 2. The quantitative estimate of drug-likeness (QED) is 0.629. The summed E-state index contributed by atoms with van der Waals surface area (Å²) in [5, 5.41) is 0. The summed E-state index contributed by atoms with van der Waals surface area (Å²) in [5.41, 5.74) is 1.83. The molecular weight excluding hydrogens is 416 g/mol. The summed E-state index contributed by atoms with van der Waals surface area (Å²) in [7, 11) is 2.50. The Kier molecular flexibility index (Phi) is 6.30. The Hall–Kier alpha value is -2.78. The van der Waals surface area contributed by atoms with Crippen LogP contribution in [0.15, 0.2) is 48.5 Å². The molecule has 32 heavy (non-hydrogen) atoms. The van der Waals surface area contributed by atoms with E-state index in [2.05, 4.69) is 0 Å². The predicted octanol–water partition coefficient (Wildman–Crippen LogP) is 3.39. The molecule has 0 bridgehead atoms. The van der Waals surface area contributed by atoms with Crippen molar-refractivity contribution in [2.45, 2.75) is 50.8 Å². The molecule has 2 aliphatic heterocycles. The lowest BCUT2D eigenvalue weighted by atomic mass is 9.97. The number of ether oxygens (including phenoxy) is 6. The van der Waals surface area contributed by atoms with Crippen LogP contribution >= 0.6 is 0 Å². The number of methoxy groups -OCH3 is 2. The monoisotopic (exact) mass is 442 g/mol. The Bertz CT molecular complexity index is 987. The molecule has 2 aromatic rings. The van der Waals surface area contributed by atoms with Crippen molar-refractivity contribution >= 4 is 11.9 Å². The summed E-state index contributed by atoms with van der Waals surface area (Å²) in [4.78, 5) is 24.5. The van der Waals surface area contributed by atoms with Crippen LogP contribution < -0.4 is 0 Å². The zero-order chi connectivity index (χ0) is 22.9. The molecule has 2 fully saturated rings. The van der Waals surface area contributed by atoms with Crippen molar-refractivity contribution in [1.29, 1.82) is 0 Å². The van der Waals surface area contributed by atoms with E-state index >= 15 is 0 Å². The van der Waals surface area contributed by atoms with E-state index in [4.69, 9.17) is 28.4 Å². The summed E-state index contributed by atoms with van der Waals surface area (Å²) in [6, 6.07) is 14.5. The lowest BCUT2D eigenvalue weighted by molar-refractivity contribution is -0.220. The second-order valence-electron chi connectivity index (χ2n) is 8.07. The standard InChI is InChI=1S/C24H26O8/c1-24(2)31-20-19(29-13-14-8-6-5-7-9-14)18(30-23(20)32-24)15-10-11-16(21(25)27-3)17(12-15)22(26)28-4/h5-12,18-20,23H,13H2,1-4H3/t18-,19+,20-,23-/m1/s1. The maximum atomic E-state index is 12.3. The van der Waals surface area contributed by atoms with Crippen LogP contribution in [0.2, 0.25) is 0 Å². The minimum Gasteiger partial charge on any atom is -0.465 e. The van der Waals surface area contributed by atoms with Gasteiger partial charge in [0, 0.05) is 0 Å². The SMILES string of the molecule is COC(=O)c1ccc([C@H]2O[C@@H]3OC(C)(C)O[C@@H]3[C@H]2OCc2ccccc2)cc1C(=O)OC. The van der Waals surface area contributed by atoms with E-state index in [1.807, 2.05) is 44.2 Å². The van der Waals surface area contributed by atoms with Crippen molar-refractivity contribution in [3.8, 4) is 0 Å². The van der Waals surface area contributed by atoms with Crippen molar-refractivity contribution in [3.05, 3.63) is 70.8 Å². The number of carbonyl (C=O) groups is 2. The highest BCUT2D eigenvalue weighted by Gasteiger charge is 2.55. The summed E-state index contributed by atoms with van der Waals surface area (Å²) < 4.78 is 34.0. The van der Waals surface area contributed by atoms with E-state index in [-0.39, 0.29) is 11.1 Å². The van der Waals surface area contributed by atoms with E-state index in [0.29, 0.717) is 12.2 Å². The molecule has 170 valence electrons. The highest BCUT2D eigenvalue weighted by molar-refractivity contribution is 6.03. The Morgan fingerprint density at radius 3 is 2.31 bits per heavy atom. The highest BCUT2D eigenvalue weighted by Crippen LogP contribution is 2.45. The van der Waals surface area contributed by atoms with Gasteiger partial charge in [0.2, 0.25) is 0 Å². The first kappa shape index (κ1) is 22.4. The Balaban J connectivity index is 1.65. The largest absolute Gasteiger partial charge is 0.465 e. The molecule has 0 saturated carbocycles. The maximum Gasteiger partial charge on any atom is 0.338 e. The van der Waals surface area contributed by atoms with Crippen LogP contribution in [0.4, 0.5) is 0 Å². The van der Waals surface area contributed by atoms with Gasteiger partial charge in [-0.1, -0.05) is 36.4 Å². The van der Waals surface area contributed by atoms with Gasteiger partial charge in [-0.2, -0.15) is 0 Å². The summed E-state index contributed by atoms with van der Waals surface area (Å²) in [6.07, 6.45) is -2.17. The highest BCUT2D eigenvalue weighted by atomic mass is 16.8. The van der Waals surface area contributed by atoms with Gasteiger partial charge < -0.3 is 28.4 Å². The van der Waals surface area contributed by atoms with E-state index in [1.165, 1.54) is 20.3 Å². The van der Waals surface area contributed by atoms with Crippen LogP contribution in [0.1, 0.15) is 51.8 Å². The minimum absolute atomic E-state index is 0.0847. The molecule has 0 unspecified atom stereocenters. The number of hydrogen-bond acceptors (Lipinski definition) is 8. The molecule has 0 N–H and O–H groups in total. The van der Waals surface area contributed by atoms with Crippen molar-refractivity contribution in [1.82, 2.24) is 0 Å². The van der Waals surface area contributed by atoms with Gasteiger partial charge >= 0.3 is 11.9 Å². The van der Waals surface area contributed by atoms with Crippen molar-refractivity contribution in [2.75, 3.05) is 14.2 Å². The average Bonchev–Trinajstić information content (AvgIpc) is 3.28. The third-order valence-corrected chi connectivity index (χ3v) is 5.46. The number of hydrogen-bond donors (Lipinski definition) is 0. The number of fused-ring (bicyclic) bond motifs is 1. The summed E-state index contributed by atoms with van der Waals surface area (Å²) in [6.45, 7) is 3.99. The number of rotatable bonds is 6. The van der Waals surface area contributed by atoms with E-state index in [1.54, 1.807) is 12.1 Å². The van der Waals surface area contributed by atoms with Gasteiger partial charge in [-0.25, -0.2) is 9.59 Å². The van der Waals surface area contributed by atoms with E-state index in [9.17, 15) is 9.59 Å². The normalized spacial score (nSPS) is 25.9. The minimum atomic E-state index is -0.805. The fraction of sp³-hybridized carbons (Fsp3) is 0.417. The van der Waals surface area contributed by atoms with Gasteiger partial charge in [0.05, 0.1) is 32.0 Å². The third kappa shape index (κ3) is 4.40. The zero-order valence-electron chi connectivity index (χ0n) is 18.4. The average molecular weight is 442 g/mol. The molecule has 0 spiro atoms. The summed E-state index contributed by atoms with van der Waals surface area (Å²) >= 11 is 0. The lowest BCUT2D eigenvalue weighted by Crippen LogP contribution is -2.33. The Morgan fingerprint density at radius 2 is 1.62 bits per heavy atom. The van der Waals surface area contributed by atoms with E-state index in [0.717, 1.165) is 5.56 Å². The first-order chi connectivity index (χ1) is 15.3. The lowest BCUT2D eigenvalue weighted by Gasteiger charge is -2.26. The fourth-order valence-corrected chi connectivity index (χ4v) is 4.00. The van der Waals surface area contributed by atoms with Crippen molar-refractivity contribution in [2.24, 2.45) is 0 Å². The van der Waals surface area contributed by atoms with Crippen molar-refractivity contribution < 1.29 is 38.0 Å². The second kappa shape index (κ2) is 8.99. The molecular formula is C24H26O8. The van der Waals surface area contributed by atoms with Crippen LogP contribution in [-0.4, -0.2) is 50.4 Å². The molecule has 0 aromatic heterocycles. The maximum absolute atomic E-state index is 12.3. The van der Waals surface area contributed by atoms with Gasteiger partial charge in [-0.15, -0.1) is 0 Å². The van der Waals surface area contributed by atoms with Crippen LogP contribution in [0, 0.1) is 0 Å². The molecule has 0 aliphatic carbocycles. The fourth-order valence-electron chi connectivity index (χ4n) is 4.00. The van der Waals surface area contributed by atoms with Gasteiger partial charge in [0.25, 0.3) is 0 Å². The molecule has 2 aromatic carbocycles. The molecule has 8 nitrogen and oxygen atoms in total. The van der Waals surface area contributed by atoms with Gasteiger partial charge in [0.15, 0.2) is 12.1 Å². The topological polar surface area (TPSA) is 89.5 Å². The Morgan fingerprint density at radius 1 is 0.938 bits per heavy atom. The predicted molar refractivity (Wildman–Crippen MR) is 112 cm³/mol. The van der Waals surface area contributed by atoms with Gasteiger partial charge in [-0.05, 0) is 37.1 Å². The van der Waals surface area contributed by atoms with Crippen LogP contribution in [0.25, 0.3) is 0 Å². The first-order valence-electron chi connectivity index (χ1n) is 10.3. The molecule has 0 radical (unpaired) electrons. The van der Waals surface area contributed by atoms with Gasteiger partial charge in [-0.3, -0.25) is 0 Å². The van der Waals surface area contributed by atoms with Crippen molar-refractivity contribution in [3.63, 3.8) is 0 Å². The zero-order valence-corrected chi connectivity index (χ0v) is 18.4.